The second kappa shape index (κ2) is 8.74. The molecule has 0 aliphatic heterocycles. The third-order valence-corrected chi connectivity index (χ3v) is 5.33. The van der Waals surface area contributed by atoms with E-state index in [1.54, 1.807) is 48.5 Å². The van der Waals surface area contributed by atoms with Gasteiger partial charge in [0.25, 0.3) is 11.8 Å². The Morgan fingerprint density at radius 3 is 2.38 bits per heavy atom. The van der Waals surface area contributed by atoms with Gasteiger partial charge in [0.05, 0.1) is 23.3 Å². The molecule has 0 fully saturated rings. The van der Waals surface area contributed by atoms with Crippen LogP contribution in [0, 0.1) is 0 Å². The number of hydrogen-bond acceptors (Lipinski definition) is 5. The molecule has 3 aromatic rings. The first-order valence-corrected chi connectivity index (χ1v) is 10.7. The molecule has 0 saturated heterocycles. The second-order valence-electron chi connectivity index (χ2n) is 6.41. The van der Waals surface area contributed by atoms with Crippen molar-refractivity contribution in [3.05, 3.63) is 89.4 Å². The predicted molar refractivity (Wildman–Crippen MR) is 107 cm³/mol. The van der Waals surface area contributed by atoms with Crippen LogP contribution in [0.3, 0.4) is 0 Å². The highest BCUT2D eigenvalue weighted by molar-refractivity contribution is 7.90. The van der Waals surface area contributed by atoms with Crippen molar-refractivity contribution in [3.63, 3.8) is 0 Å². The summed E-state index contributed by atoms with van der Waals surface area (Å²) in [7, 11) is -3.53. The number of carbonyl (C=O) groups is 2. The molecule has 2 N–H and O–H groups in total. The van der Waals surface area contributed by atoms with Crippen molar-refractivity contribution in [2.24, 2.45) is 0 Å². The predicted octanol–water partition coefficient (Wildman–Crippen LogP) is 2.54. The molecule has 29 heavy (non-hydrogen) atoms. The van der Waals surface area contributed by atoms with Gasteiger partial charge in [0, 0.05) is 18.4 Å². The number of carbonyl (C=O) groups excluding carboxylic acids is 2. The normalized spacial score (nSPS) is 11.1. The fourth-order valence-corrected chi connectivity index (χ4v) is 3.65. The van der Waals surface area contributed by atoms with Crippen molar-refractivity contribution < 1.29 is 22.4 Å². The van der Waals surface area contributed by atoms with Crippen LogP contribution in [-0.2, 0) is 22.9 Å². The number of sulfone groups is 1. The summed E-state index contributed by atoms with van der Waals surface area (Å²) in [5, 5.41) is 5.45. The Kier molecular flexibility index (Phi) is 6.13. The number of nitrogens with one attached hydrogen (secondary N) is 2. The topological polar surface area (TPSA) is 105 Å². The van der Waals surface area contributed by atoms with Crippen molar-refractivity contribution in [2.75, 3.05) is 6.26 Å². The van der Waals surface area contributed by atoms with Crippen LogP contribution in [0.15, 0.2) is 76.2 Å². The summed E-state index contributed by atoms with van der Waals surface area (Å²) in [4.78, 5) is 24.7. The molecule has 0 spiro atoms. The SMILES string of the molecule is CS(=O)(=O)c1ccccc1C(=O)NCc1cccc(C(=O)NCc2ccco2)c1. The van der Waals surface area contributed by atoms with Gasteiger partial charge in [-0.1, -0.05) is 24.3 Å². The van der Waals surface area contributed by atoms with Gasteiger partial charge in [0.15, 0.2) is 9.84 Å². The molecule has 0 saturated carbocycles. The molecule has 7 nitrogen and oxygen atoms in total. The zero-order valence-corrected chi connectivity index (χ0v) is 16.5. The minimum absolute atomic E-state index is 0.0245. The summed E-state index contributed by atoms with van der Waals surface area (Å²) < 4.78 is 28.9. The van der Waals surface area contributed by atoms with E-state index in [0.717, 1.165) is 6.26 Å². The standard InChI is InChI=1S/C21H20N2O5S/c1-29(26,27)19-10-3-2-9-18(19)21(25)22-13-15-6-4-7-16(12-15)20(24)23-14-17-8-5-11-28-17/h2-12H,13-14H2,1H3,(H,22,25)(H,23,24). The lowest BCUT2D eigenvalue weighted by Gasteiger charge is -2.10. The third kappa shape index (κ3) is 5.32. The average molecular weight is 412 g/mol. The van der Waals surface area contributed by atoms with Gasteiger partial charge in [0.1, 0.15) is 5.76 Å². The van der Waals surface area contributed by atoms with Crippen LogP contribution in [0.5, 0.6) is 0 Å². The van der Waals surface area contributed by atoms with Crippen LogP contribution >= 0.6 is 0 Å². The van der Waals surface area contributed by atoms with Crippen LogP contribution in [-0.4, -0.2) is 26.5 Å². The van der Waals surface area contributed by atoms with E-state index in [1.807, 2.05) is 0 Å². The number of amides is 2. The van der Waals surface area contributed by atoms with Gasteiger partial charge < -0.3 is 15.1 Å². The van der Waals surface area contributed by atoms with Gasteiger partial charge in [-0.3, -0.25) is 9.59 Å². The molecule has 8 heteroatoms. The number of rotatable bonds is 7. The van der Waals surface area contributed by atoms with E-state index >= 15 is 0 Å². The average Bonchev–Trinajstić information content (AvgIpc) is 3.23. The fraction of sp³-hybridized carbons (Fsp3) is 0.143. The molecule has 0 aliphatic carbocycles. The molecule has 0 bridgehead atoms. The Hall–Kier alpha value is -3.39. The zero-order valence-electron chi connectivity index (χ0n) is 15.7. The first-order chi connectivity index (χ1) is 13.8. The molecule has 1 heterocycles. The molecule has 2 amide bonds. The van der Waals surface area contributed by atoms with E-state index in [9.17, 15) is 18.0 Å². The first kappa shape index (κ1) is 20.3. The number of benzene rings is 2. The van der Waals surface area contributed by atoms with Crippen molar-refractivity contribution in [1.82, 2.24) is 10.6 Å². The summed E-state index contributed by atoms with van der Waals surface area (Å²) >= 11 is 0. The summed E-state index contributed by atoms with van der Waals surface area (Å²) in [5.74, 6) is -0.123. The fourth-order valence-electron chi connectivity index (χ4n) is 2.76. The van der Waals surface area contributed by atoms with Gasteiger partial charge in [-0.05, 0) is 42.0 Å². The minimum atomic E-state index is -3.53. The maximum atomic E-state index is 12.5. The first-order valence-electron chi connectivity index (χ1n) is 8.81. The van der Waals surface area contributed by atoms with E-state index in [0.29, 0.717) is 16.9 Å². The molecule has 0 radical (unpaired) electrons. The molecule has 150 valence electrons. The summed E-state index contributed by atoms with van der Waals surface area (Å²) in [5.41, 5.74) is 1.24. The van der Waals surface area contributed by atoms with Crippen molar-refractivity contribution >= 4 is 21.7 Å². The molecule has 0 unspecified atom stereocenters. The molecular formula is C21H20N2O5S. The summed E-state index contributed by atoms with van der Waals surface area (Å²) in [6, 6.07) is 16.4. The van der Waals surface area contributed by atoms with Crippen LogP contribution in [0.2, 0.25) is 0 Å². The van der Waals surface area contributed by atoms with Gasteiger partial charge >= 0.3 is 0 Å². The molecule has 1 aromatic heterocycles. The Morgan fingerprint density at radius 1 is 0.897 bits per heavy atom. The Balaban J connectivity index is 1.65. The third-order valence-electron chi connectivity index (χ3n) is 4.18. The quantitative estimate of drug-likeness (QED) is 0.620. The zero-order chi connectivity index (χ0) is 20.9. The highest BCUT2D eigenvalue weighted by Gasteiger charge is 2.18. The van der Waals surface area contributed by atoms with Crippen LogP contribution in [0.4, 0.5) is 0 Å². The Bertz CT molecular complexity index is 1120. The van der Waals surface area contributed by atoms with Crippen molar-refractivity contribution in [3.8, 4) is 0 Å². The number of hydrogen-bond donors (Lipinski definition) is 2. The Morgan fingerprint density at radius 2 is 1.66 bits per heavy atom. The lowest BCUT2D eigenvalue weighted by molar-refractivity contribution is 0.0942. The van der Waals surface area contributed by atoms with Crippen LogP contribution in [0.1, 0.15) is 32.0 Å². The second-order valence-corrected chi connectivity index (χ2v) is 8.40. The summed E-state index contributed by atoms with van der Waals surface area (Å²) in [6.45, 7) is 0.422. The Labute approximate surface area is 168 Å². The molecule has 0 aliphatic rings. The molecule has 2 aromatic carbocycles. The largest absolute Gasteiger partial charge is 0.467 e. The van der Waals surface area contributed by atoms with Gasteiger partial charge in [-0.15, -0.1) is 0 Å². The van der Waals surface area contributed by atoms with Crippen molar-refractivity contribution in [2.45, 2.75) is 18.0 Å². The molecule has 3 rings (SSSR count). The minimum Gasteiger partial charge on any atom is -0.467 e. The van der Waals surface area contributed by atoms with E-state index in [4.69, 9.17) is 4.42 Å². The molecular weight excluding hydrogens is 392 g/mol. The molecule has 0 atom stereocenters. The van der Waals surface area contributed by atoms with Gasteiger partial charge in [0.2, 0.25) is 0 Å². The maximum absolute atomic E-state index is 12.5. The van der Waals surface area contributed by atoms with Crippen LogP contribution in [0.25, 0.3) is 0 Å². The van der Waals surface area contributed by atoms with Gasteiger partial charge in [-0.25, -0.2) is 8.42 Å². The highest BCUT2D eigenvalue weighted by atomic mass is 32.2. The smallest absolute Gasteiger partial charge is 0.252 e. The van der Waals surface area contributed by atoms with Crippen LogP contribution < -0.4 is 10.6 Å². The van der Waals surface area contributed by atoms with E-state index in [1.165, 1.54) is 18.4 Å². The lowest BCUT2D eigenvalue weighted by Crippen LogP contribution is -2.25. The summed E-state index contributed by atoms with van der Waals surface area (Å²) in [6.07, 6.45) is 2.59. The number of furan rings is 1. The lowest BCUT2D eigenvalue weighted by atomic mass is 10.1. The van der Waals surface area contributed by atoms with E-state index in [2.05, 4.69) is 10.6 Å². The monoisotopic (exact) mass is 412 g/mol. The van der Waals surface area contributed by atoms with E-state index in [-0.39, 0.29) is 29.5 Å². The maximum Gasteiger partial charge on any atom is 0.252 e. The van der Waals surface area contributed by atoms with Crippen molar-refractivity contribution in [1.29, 1.82) is 0 Å². The van der Waals surface area contributed by atoms with Gasteiger partial charge in [-0.2, -0.15) is 0 Å². The van der Waals surface area contributed by atoms with E-state index < -0.39 is 15.7 Å². The highest BCUT2D eigenvalue weighted by Crippen LogP contribution is 2.15.